The molecular formula is C25H25N3O5. The Morgan fingerprint density at radius 2 is 1.82 bits per heavy atom. The topological polar surface area (TPSA) is 104 Å². The van der Waals surface area contributed by atoms with Gasteiger partial charge in [0.25, 0.3) is 5.91 Å². The van der Waals surface area contributed by atoms with Gasteiger partial charge in [-0.05, 0) is 29.2 Å². The molecule has 2 aromatic carbocycles. The summed E-state index contributed by atoms with van der Waals surface area (Å²) in [6, 6.07) is 16.0. The van der Waals surface area contributed by atoms with E-state index in [1.54, 1.807) is 37.3 Å². The highest BCUT2D eigenvalue weighted by atomic mass is 16.6. The lowest BCUT2D eigenvalue weighted by atomic mass is 9.91. The third-order valence-electron chi connectivity index (χ3n) is 6.52. The van der Waals surface area contributed by atoms with Crippen molar-refractivity contribution < 1.29 is 28.4 Å². The molecular weight excluding hydrogens is 422 g/mol. The first kappa shape index (κ1) is 21.4. The number of aromatic nitrogens is 1. The Morgan fingerprint density at radius 1 is 1.18 bits per heavy atom. The van der Waals surface area contributed by atoms with Crippen molar-refractivity contribution in [2.75, 3.05) is 32.0 Å². The quantitative estimate of drug-likeness (QED) is 0.474. The molecule has 33 heavy (non-hydrogen) atoms. The SMILES string of the molecule is Cc1cc(NC(=O)C[N+]2(C)CC[C@@H](OC(=O)C3([O-])c4ccccc4-c4ccccc43)C2)no1. The van der Waals surface area contributed by atoms with Crippen LogP contribution in [0.4, 0.5) is 5.82 Å². The van der Waals surface area contributed by atoms with Crippen LogP contribution in [0.5, 0.6) is 0 Å². The van der Waals surface area contributed by atoms with Crippen molar-refractivity contribution >= 4 is 17.7 Å². The number of nitrogens with zero attached hydrogens (tertiary/aromatic N) is 2. The molecule has 1 unspecified atom stereocenters. The van der Waals surface area contributed by atoms with Crippen LogP contribution in [-0.4, -0.2) is 54.3 Å². The van der Waals surface area contributed by atoms with E-state index in [1.165, 1.54) is 0 Å². The number of hydrogen-bond donors (Lipinski definition) is 1. The molecule has 0 radical (unpaired) electrons. The zero-order chi connectivity index (χ0) is 23.2. The summed E-state index contributed by atoms with van der Waals surface area (Å²) in [5, 5.41) is 20.5. The fraction of sp³-hybridized carbons (Fsp3) is 0.320. The largest absolute Gasteiger partial charge is 0.834 e. The molecule has 1 aromatic heterocycles. The average Bonchev–Trinajstić information content (AvgIpc) is 3.44. The van der Waals surface area contributed by atoms with Gasteiger partial charge in [0.1, 0.15) is 12.3 Å². The van der Waals surface area contributed by atoms with Crippen LogP contribution in [0, 0.1) is 6.92 Å². The number of likely N-dealkylation sites (tertiary alicyclic amines) is 1. The zero-order valence-corrected chi connectivity index (χ0v) is 18.5. The number of amides is 1. The maximum atomic E-state index is 14.0. The standard InChI is InChI=1S/C25H25N3O5/c1-16-13-22(27-33-16)26-23(29)15-28(2)12-11-17(14-28)32-24(30)25(31)20-9-5-3-7-18(20)19-8-4-6-10-21(19)25/h3-10,13,17H,11-12,14-15H2,1-2H3,(H,26,27,29)/t17-,28?/m1/s1. The Bertz CT molecular complexity index is 1190. The van der Waals surface area contributed by atoms with Crippen LogP contribution in [0.1, 0.15) is 23.3 Å². The van der Waals surface area contributed by atoms with Crippen molar-refractivity contribution in [3.05, 3.63) is 71.5 Å². The average molecular weight is 447 g/mol. The number of benzene rings is 2. The Balaban J connectivity index is 1.29. The van der Waals surface area contributed by atoms with E-state index in [2.05, 4.69) is 10.5 Å². The molecule has 5 rings (SSSR count). The van der Waals surface area contributed by atoms with Gasteiger partial charge in [0.15, 0.2) is 18.5 Å². The lowest BCUT2D eigenvalue weighted by Gasteiger charge is -2.36. The molecule has 0 saturated carbocycles. The number of fused-ring (bicyclic) bond motifs is 3. The molecule has 1 amide bonds. The number of esters is 1. The second kappa shape index (κ2) is 7.83. The second-order valence-corrected chi connectivity index (χ2v) is 9.14. The van der Waals surface area contributed by atoms with E-state index in [9.17, 15) is 14.7 Å². The molecule has 1 saturated heterocycles. The third kappa shape index (κ3) is 3.71. The number of anilines is 1. The molecule has 170 valence electrons. The van der Waals surface area contributed by atoms with E-state index in [-0.39, 0.29) is 12.5 Å². The minimum Gasteiger partial charge on any atom is -0.834 e. The predicted molar refractivity (Wildman–Crippen MR) is 118 cm³/mol. The van der Waals surface area contributed by atoms with E-state index in [0.717, 1.165) is 11.1 Å². The van der Waals surface area contributed by atoms with Gasteiger partial charge in [0.2, 0.25) is 0 Å². The van der Waals surface area contributed by atoms with Gasteiger partial charge in [0.05, 0.1) is 13.6 Å². The first-order valence-corrected chi connectivity index (χ1v) is 11.0. The first-order chi connectivity index (χ1) is 15.8. The van der Waals surface area contributed by atoms with Crippen molar-refractivity contribution in [3.63, 3.8) is 0 Å². The molecule has 1 aliphatic heterocycles. The van der Waals surface area contributed by atoms with Crippen LogP contribution < -0.4 is 10.4 Å². The van der Waals surface area contributed by atoms with Crippen molar-refractivity contribution in [2.24, 2.45) is 0 Å². The van der Waals surface area contributed by atoms with Gasteiger partial charge in [-0.3, -0.25) is 9.59 Å². The van der Waals surface area contributed by atoms with Crippen molar-refractivity contribution in [1.29, 1.82) is 0 Å². The van der Waals surface area contributed by atoms with Crippen LogP contribution in [0.25, 0.3) is 11.1 Å². The maximum absolute atomic E-state index is 14.0. The summed E-state index contributed by atoms with van der Waals surface area (Å²) < 4.78 is 11.2. The van der Waals surface area contributed by atoms with Crippen LogP contribution in [0.2, 0.25) is 0 Å². The molecule has 0 bridgehead atoms. The Labute approximate surface area is 191 Å². The van der Waals surface area contributed by atoms with Gasteiger partial charge in [-0.1, -0.05) is 53.7 Å². The number of carbonyl (C=O) groups excluding carboxylic acids is 2. The summed E-state index contributed by atoms with van der Waals surface area (Å²) >= 11 is 0. The number of likely N-dealkylation sites (N-methyl/N-ethyl adjacent to an activating group) is 1. The van der Waals surface area contributed by atoms with Crippen molar-refractivity contribution in [3.8, 4) is 11.1 Å². The number of carbonyl (C=O) groups is 2. The molecule has 2 aliphatic rings. The number of quaternary nitrogens is 1. The van der Waals surface area contributed by atoms with E-state index < -0.39 is 17.7 Å². The number of hydrogen-bond acceptors (Lipinski definition) is 6. The summed E-state index contributed by atoms with van der Waals surface area (Å²) in [5.74, 6) is -0.00354. The van der Waals surface area contributed by atoms with Gasteiger partial charge >= 0.3 is 5.97 Å². The monoisotopic (exact) mass is 447 g/mol. The van der Waals surface area contributed by atoms with Crippen LogP contribution >= 0.6 is 0 Å². The number of ether oxygens (including phenoxy) is 1. The first-order valence-electron chi connectivity index (χ1n) is 11.0. The summed E-state index contributed by atoms with van der Waals surface area (Å²) in [7, 11) is 1.94. The molecule has 1 N–H and O–H groups in total. The highest BCUT2D eigenvalue weighted by molar-refractivity contribution is 5.95. The summed E-state index contributed by atoms with van der Waals surface area (Å²) in [4.78, 5) is 25.8. The Kier molecular flexibility index (Phi) is 5.07. The van der Waals surface area contributed by atoms with E-state index in [4.69, 9.17) is 9.26 Å². The summed E-state index contributed by atoms with van der Waals surface area (Å²) in [6.45, 7) is 3.06. The molecule has 1 fully saturated rings. The molecule has 8 heteroatoms. The summed E-state index contributed by atoms with van der Waals surface area (Å²) in [5.41, 5.74) is 0.294. The third-order valence-corrected chi connectivity index (χ3v) is 6.52. The number of rotatable bonds is 5. The normalized spacial score (nSPS) is 22.5. The fourth-order valence-corrected chi connectivity index (χ4v) is 4.97. The smallest absolute Gasteiger partial charge is 0.304 e. The molecule has 0 spiro atoms. The van der Waals surface area contributed by atoms with E-state index >= 15 is 0 Å². The lowest BCUT2D eigenvalue weighted by molar-refractivity contribution is -0.890. The maximum Gasteiger partial charge on any atom is 0.304 e. The minimum absolute atomic E-state index is 0.197. The Hall–Kier alpha value is -3.49. The van der Waals surface area contributed by atoms with Crippen LogP contribution in [0.15, 0.2) is 59.1 Å². The molecule has 8 nitrogen and oxygen atoms in total. The van der Waals surface area contributed by atoms with Gasteiger partial charge in [-0.2, -0.15) is 0 Å². The number of aryl methyl sites for hydroxylation is 1. The van der Waals surface area contributed by atoms with Gasteiger partial charge in [0, 0.05) is 18.1 Å². The molecule has 2 atom stereocenters. The van der Waals surface area contributed by atoms with Gasteiger partial charge in [-0.25, -0.2) is 0 Å². The van der Waals surface area contributed by atoms with E-state index in [1.807, 2.05) is 31.3 Å². The zero-order valence-electron chi connectivity index (χ0n) is 18.5. The predicted octanol–water partition coefficient (Wildman–Crippen LogP) is 1.97. The second-order valence-electron chi connectivity index (χ2n) is 9.14. The highest BCUT2D eigenvalue weighted by Gasteiger charge is 2.44. The van der Waals surface area contributed by atoms with Crippen LogP contribution in [-0.2, 0) is 19.9 Å². The number of nitrogens with one attached hydrogen (secondary N) is 1. The van der Waals surface area contributed by atoms with Crippen molar-refractivity contribution in [1.82, 2.24) is 5.16 Å². The summed E-state index contributed by atoms with van der Waals surface area (Å²) in [6.07, 6.45) is 0.146. The fourth-order valence-electron chi connectivity index (χ4n) is 4.97. The molecule has 2 heterocycles. The van der Waals surface area contributed by atoms with Crippen molar-refractivity contribution in [2.45, 2.75) is 25.0 Å². The molecule has 1 aliphatic carbocycles. The Morgan fingerprint density at radius 3 is 2.42 bits per heavy atom. The highest BCUT2D eigenvalue weighted by Crippen LogP contribution is 2.46. The molecule has 3 aromatic rings. The lowest BCUT2D eigenvalue weighted by Crippen LogP contribution is -2.51. The minimum atomic E-state index is -2.10. The van der Waals surface area contributed by atoms with Gasteiger partial charge in [-0.15, -0.1) is 0 Å². The van der Waals surface area contributed by atoms with Crippen LogP contribution in [0.3, 0.4) is 0 Å². The van der Waals surface area contributed by atoms with Gasteiger partial charge < -0.3 is 24.2 Å². The van der Waals surface area contributed by atoms with E-state index in [0.29, 0.717) is 46.7 Å².